The highest BCUT2D eigenvalue weighted by Crippen LogP contribution is 2.36. The molecule has 0 saturated heterocycles. The molecule has 0 aromatic carbocycles. The van der Waals surface area contributed by atoms with Gasteiger partial charge in [0.15, 0.2) is 0 Å². The summed E-state index contributed by atoms with van der Waals surface area (Å²) in [6.45, 7) is 3.01. The number of pyridine rings is 1. The fourth-order valence-electron chi connectivity index (χ4n) is 2.35. The molecule has 4 heteroatoms. The summed E-state index contributed by atoms with van der Waals surface area (Å²) in [6, 6.07) is 3.56. The summed E-state index contributed by atoms with van der Waals surface area (Å²) in [7, 11) is 0. The van der Waals surface area contributed by atoms with Crippen LogP contribution in [0, 0.1) is 5.41 Å². The van der Waals surface area contributed by atoms with Gasteiger partial charge in [0, 0.05) is 12.7 Å². The lowest BCUT2D eigenvalue weighted by Gasteiger charge is -2.23. The zero-order chi connectivity index (χ0) is 12.3. The zero-order valence-corrected chi connectivity index (χ0v) is 11.6. The third-order valence-corrected chi connectivity index (χ3v) is 4.12. The Bertz CT molecular complexity index is 414. The molecule has 0 atom stereocenters. The lowest BCUT2D eigenvalue weighted by Crippen LogP contribution is -2.34. The van der Waals surface area contributed by atoms with Gasteiger partial charge in [-0.1, -0.05) is 19.8 Å². The van der Waals surface area contributed by atoms with E-state index in [1.807, 2.05) is 0 Å². The van der Waals surface area contributed by atoms with Gasteiger partial charge in [-0.25, -0.2) is 4.98 Å². The number of carbonyl (C=O) groups is 1. The summed E-state index contributed by atoms with van der Waals surface area (Å²) in [5.41, 5.74) is 0.888. The quantitative estimate of drug-likeness (QED) is 0.871. The number of rotatable bonds is 3. The van der Waals surface area contributed by atoms with Crippen molar-refractivity contribution in [3.8, 4) is 0 Å². The van der Waals surface area contributed by atoms with Crippen molar-refractivity contribution in [2.75, 3.05) is 6.54 Å². The first-order chi connectivity index (χ1) is 8.11. The van der Waals surface area contributed by atoms with E-state index in [0.717, 1.165) is 6.54 Å². The van der Waals surface area contributed by atoms with Crippen LogP contribution in [-0.2, 0) is 0 Å². The molecule has 1 aliphatic rings. The standard InChI is InChI=1S/C13H17BrN2O/c1-13(6-2-3-7-13)9-16-12(17)10-5-4-8-15-11(10)14/h4-5,8H,2-3,6-7,9H2,1H3,(H,16,17). The molecule has 1 saturated carbocycles. The molecule has 1 aromatic rings. The van der Waals surface area contributed by atoms with Crippen molar-refractivity contribution in [2.45, 2.75) is 32.6 Å². The van der Waals surface area contributed by atoms with Crippen molar-refractivity contribution in [1.29, 1.82) is 0 Å². The van der Waals surface area contributed by atoms with Crippen LogP contribution < -0.4 is 5.32 Å². The molecule has 3 nitrogen and oxygen atoms in total. The maximum atomic E-state index is 12.0. The molecule has 17 heavy (non-hydrogen) atoms. The minimum Gasteiger partial charge on any atom is -0.351 e. The first kappa shape index (κ1) is 12.6. The van der Waals surface area contributed by atoms with E-state index in [2.05, 4.69) is 33.2 Å². The number of hydrogen-bond acceptors (Lipinski definition) is 2. The molecular formula is C13H17BrN2O. The second-order valence-corrected chi connectivity index (χ2v) is 5.79. The second kappa shape index (κ2) is 5.17. The predicted molar refractivity (Wildman–Crippen MR) is 70.8 cm³/mol. The number of nitrogens with zero attached hydrogens (tertiary/aromatic N) is 1. The molecule has 1 amide bonds. The average Bonchev–Trinajstić information content (AvgIpc) is 2.74. The Labute approximate surface area is 110 Å². The lowest BCUT2D eigenvalue weighted by molar-refractivity contribution is 0.0933. The van der Waals surface area contributed by atoms with Crippen molar-refractivity contribution >= 4 is 21.8 Å². The SMILES string of the molecule is CC1(CNC(=O)c2cccnc2Br)CCCC1. The van der Waals surface area contributed by atoms with Crippen molar-refractivity contribution in [1.82, 2.24) is 10.3 Å². The highest BCUT2D eigenvalue weighted by Gasteiger charge is 2.29. The average molecular weight is 297 g/mol. The maximum absolute atomic E-state index is 12.0. The van der Waals surface area contributed by atoms with Crippen molar-refractivity contribution in [2.24, 2.45) is 5.41 Å². The van der Waals surface area contributed by atoms with Gasteiger partial charge in [0.1, 0.15) is 4.60 Å². The molecule has 0 bridgehead atoms. The number of carbonyl (C=O) groups excluding carboxylic acids is 1. The fraction of sp³-hybridized carbons (Fsp3) is 0.538. The normalized spacial score (nSPS) is 18.0. The number of halogens is 1. The smallest absolute Gasteiger partial charge is 0.254 e. The highest BCUT2D eigenvalue weighted by molar-refractivity contribution is 9.10. The van der Waals surface area contributed by atoms with E-state index in [9.17, 15) is 4.79 Å². The van der Waals surface area contributed by atoms with Crippen LogP contribution in [0.5, 0.6) is 0 Å². The summed E-state index contributed by atoms with van der Waals surface area (Å²) in [4.78, 5) is 16.0. The van der Waals surface area contributed by atoms with E-state index in [0.29, 0.717) is 10.2 Å². The molecule has 0 spiro atoms. The summed E-state index contributed by atoms with van der Waals surface area (Å²) in [5.74, 6) is -0.0434. The van der Waals surface area contributed by atoms with Crippen LogP contribution in [0.4, 0.5) is 0 Å². The summed E-state index contributed by atoms with van der Waals surface area (Å²) >= 11 is 3.29. The molecule has 1 fully saturated rings. The zero-order valence-electron chi connectivity index (χ0n) is 10.0. The van der Waals surface area contributed by atoms with E-state index >= 15 is 0 Å². The first-order valence-electron chi connectivity index (χ1n) is 5.99. The molecule has 0 aliphatic heterocycles. The Balaban J connectivity index is 1.96. The van der Waals surface area contributed by atoms with Crippen molar-refractivity contribution < 1.29 is 4.79 Å². The van der Waals surface area contributed by atoms with Crippen LogP contribution >= 0.6 is 15.9 Å². The van der Waals surface area contributed by atoms with E-state index < -0.39 is 0 Å². The minimum atomic E-state index is -0.0434. The summed E-state index contributed by atoms with van der Waals surface area (Å²) in [6.07, 6.45) is 6.65. The molecule has 92 valence electrons. The molecule has 1 N–H and O–H groups in total. The highest BCUT2D eigenvalue weighted by atomic mass is 79.9. The molecule has 0 unspecified atom stereocenters. The van der Waals surface area contributed by atoms with Crippen LogP contribution in [0.25, 0.3) is 0 Å². The van der Waals surface area contributed by atoms with Crippen LogP contribution in [-0.4, -0.2) is 17.4 Å². The monoisotopic (exact) mass is 296 g/mol. The summed E-state index contributed by atoms with van der Waals surface area (Å²) < 4.78 is 0.606. The maximum Gasteiger partial charge on any atom is 0.254 e. The van der Waals surface area contributed by atoms with Gasteiger partial charge in [0.2, 0.25) is 0 Å². The topological polar surface area (TPSA) is 42.0 Å². The van der Waals surface area contributed by atoms with Gasteiger partial charge >= 0.3 is 0 Å². The van der Waals surface area contributed by atoms with Crippen molar-refractivity contribution in [3.05, 3.63) is 28.5 Å². The Morgan fingerprint density at radius 2 is 2.24 bits per heavy atom. The number of amides is 1. The molecule has 1 aliphatic carbocycles. The van der Waals surface area contributed by atoms with Gasteiger partial charge in [-0.2, -0.15) is 0 Å². The van der Waals surface area contributed by atoms with E-state index in [4.69, 9.17) is 0 Å². The number of hydrogen-bond donors (Lipinski definition) is 1. The minimum absolute atomic E-state index is 0.0434. The molecule has 2 rings (SSSR count). The Morgan fingerprint density at radius 1 is 1.53 bits per heavy atom. The van der Waals surface area contributed by atoms with Gasteiger partial charge in [-0.05, 0) is 46.3 Å². The van der Waals surface area contributed by atoms with Crippen LogP contribution in [0.3, 0.4) is 0 Å². The van der Waals surface area contributed by atoms with Gasteiger partial charge < -0.3 is 5.32 Å². The second-order valence-electron chi connectivity index (χ2n) is 5.04. The Hall–Kier alpha value is -0.900. The van der Waals surface area contributed by atoms with Crippen LogP contribution in [0.15, 0.2) is 22.9 Å². The molecular weight excluding hydrogens is 280 g/mol. The molecule has 1 heterocycles. The van der Waals surface area contributed by atoms with E-state index in [1.54, 1.807) is 18.3 Å². The third-order valence-electron chi connectivity index (χ3n) is 3.49. The van der Waals surface area contributed by atoms with Gasteiger partial charge in [-0.15, -0.1) is 0 Å². The largest absolute Gasteiger partial charge is 0.351 e. The number of aromatic nitrogens is 1. The molecule has 1 aromatic heterocycles. The first-order valence-corrected chi connectivity index (χ1v) is 6.79. The Morgan fingerprint density at radius 3 is 2.88 bits per heavy atom. The van der Waals surface area contributed by atoms with Gasteiger partial charge in [0.25, 0.3) is 5.91 Å². The van der Waals surface area contributed by atoms with Crippen molar-refractivity contribution in [3.63, 3.8) is 0 Å². The fourth-order valence-corrected chi connectivity index (χ4v) is 2.78. The van der Waals surface area contributed by atoms with Crippen LogP contribution in [0.2, 0.25) is 0 Å². The molecule has 0 radical (unpaired) electrons. The van der Waals surface area contributed by atoms with Gasteiger partial charge in [0.05, 0.1) is 5.56 Å². The van der Waals surface area contributed by atoms with E-state index in [1.165, 1.54) is 25.7 Å². The Kier molecular flexibility index (Phi) is 3.82. The third kappa shape index (κ3) is 3.06. The summed E-state index contributed by atoms with van der Waals surface area (Å²) in [5, 5.41) is 3.01. The van der Waals surface area contributed by atoms with Crippen LogP contribution in [0.1, 0.15) is 43.0 Å². The van der Waals surface area contributed by atoms with E-state index in [-0.39, 0.29) is 11.3 Å². The van der Waals surface area contributed by atoms with Gasteiger partial charge in [-0.3, -0.25) is 4.79 Å². The predicted octanol–water partition coefficient (Wildman–Crippen LogP) is 3.15. The number of nitrogens with one attached hydrogen (secondary N) is 1. The lowest BCUT2D eigenvalue weighted by atomic mass is 9.89.